The summed E-state index contributed by atoms with van der Waals surface area (Å²) in [6.07, 6.45) is 0.0718. The first kappa shape index (κ1) is 6.51. The van der Waals surface area contributed by atoms with Crippen LogP contribution in [0.25, 0.3) is 0 Å². The van der Waals surface area contributed by atoms with Crippen LogP contribution < -0.4 is 5.73 Å². The zero-order valence-electron chi connectivity index (χ0n) is 4.91. The highest BCUT2D eigenvalue weighted by atomic mass is 16.6. The van der Waals surface area contributed by atoms with Crippen LogP contribution in [-0.2, 0) is 9.53 Å². The lowest BCUT2D eigenvalue weighted by Crippen LogP contribution is -2.24. The van der Waals surface area contributed by atoms with E-state index in [1.165, 1.54) is 0 Å². The topological polar surface area (TPSA) is 72.6 Å². The Labute approximate surface area is 52.6 Å². The smallest absolute Gasteiger partial charge is 0.323 e. The summed E-state index contributed by atoms with van der Waals surface area (Å²) in [4.78, 5) is 10.5. The quantitative estimate of drug-likeness (QED) is 0.430. The molecule has 52 valence electrons. The Bertz CT molecular complexity index is 125. The van der Waals surface area contributed by atoms with Crippen molar-refractivity contribution < 1.29 is 14.6 Å². The lowest BCUT2D eigenvalue weighted by atomic mass is 10.2. The molecule has 1 fully saturated rings. The number of nitrogens with two attached hydrogens (primary N) is 1. The molecule has 2 atom stereocenters. The molecule has 1 heterocycles. The van der Waals surface area contributed by atoms with Gasteiger partial charge < -0.3 is 15.6 Å². The molecule has 0 aromatic heterocycles. The van der Waals surface area contributed by atoms with Gasteiger partial charge in [-0.1, -0.05) is 0 Å². The number of carbonyl (C=O) groups is 1. The molecule has 0 aromatic rings. The molecule has 1 rings (SSSR count). The molecule has 3 N–H and O–H groups in total. The third-order valence-electron chi connectivity index (χ3n) is 1.31. The molecule has 2 unspecified atom stereocenters. The second-order valence-electron chi connectivity index (χ2n) is 2.08. The lowest BCUT2D eigenvalue weighted by Gasteiger charge is -2.00. The summed E-state index contributed by atoms with van der Waals surface area (Å²) in [5, 5.41) is 8.47. The molecule has 0 radical (unpaired) electrons. The van der Waals surface area contributed by atoms with Crippen molar-refractivity contribution in [3.63, 3.8) is 0 Å². The minimum Gasteiger partial charge on any atom is -0.459 e. The van der Waals surface area contributed by atoms with E-state index < -0.39 is 12.0 Å². The van der Waals surface area contributed by atoms with Gasteiger partial charge in [0.15, 0.2) is 0 Å². The van der Waals surface area contributed by atoms with Crippen LogP contribution in [0.4, 0.5) is 0 Å². The molecule has 4 nitrogen and oxygen atoms in total. The number of ether oxygens (including phenoxy) is 1. The largest absolute Gasteiger partial charge is 0.459 e. The van der Waals surface area contributed by atoms with Gasteiger partial charge in [0.1, 0.15) is 12.1 Å². The van der Waals surface area contributed by atoms with Crippen molar-refractivity contribution >= 4 is 5.97 Å². The average Bonchev–Trinajstić information content (AvgIpc) is 2.13. The van der Waals surface area contributed by atoms with Crippen LogP contribution in [0.1, 0.15) is 6.42 Å². The van der Waals surface area contributed by atoms with Gasteiger partial charge in [0.05, 0.1) is 6.61 Å². The maximum atomic E-state index is 10.5. The van der Waals surface area contributed by atoms with Gasteiger partial charge in [-0.15, -0.1) is 0 Å². The number of cyclic esters (lactones) is 1. The summed E-state index contributed by atoms with van der Waals surface area (Å²) in [7, 11) is 0. The second-order valence-corrected chi connectivity index (χ2v) is 2.08. The molecular weight excluding hydrogens is 122 g/mol. The van der Waals surface area contributed by atoms with Gasteiger partial charge in [0, 0.05) is 6.42 Å². The zero-order valence-corrected chi connectivity index (χ0v) is 4.91. The fourth-order valence-electron chi connectivity index (χ4n) is 0.791. The SMILES string of the molecule is NC1CC(CO)OC1=O. The number of hydrogen-bond donors (Lipinski definition) is 2. The molecule has 0 spiro atoms. The van der Waals surface area contributed by atoms with Crippen LogP contribution >= 0.6 is 0 Å². The normalized spacial score (nSPS) is 34.7. The molecule has 1 saturated heterocycles. The molecule has 1 aliphatic rings. The number of esters is 1. The van der Waals surface area contributed by atoms with Gasteiger partial charge in [-0.05, 0) is 0 Å². The van der Waals surface area contributed by atoms with E-state index in [1.54, 1.807) is 0 Å². The van der Waals surface area contributed by atoms with Crippen LogP contribution in [0.5, 0.6) is 0 Å². The van der Waals surface area contributed by atoms with E-state index in [1.807, 2.05) is 0 Å². The molecule has 0 aliphatic carbocycles. The van der Waals surface area contributed by atoms with Crippen LogP contribution in [0.15, 0.2) is 0 Å². The number of aliphatic hydroxyl groups is 1. The first-order valence-corrected chi connectivity index (χ1v) is 2.81. The fourth-order valence-corrected chi connectivity index (χ4v) is 0.791. The van der Waals surface area contributed by atoms with E-state index in [0.717, 1.165) is 0 Å². The van der Waals surface area contributed by atoms with E-state index in [4.69, 9.17) is 10.8 Å². The van der Waals surface area contributed by atoms with Crippen molar-refractivity contribution in [1.82, 2.24) is 0 Å². The van der Waals surface area contributed by atoms with Crippen molar-refractivity contribution in [2.24, 2.45) is 5.73 Å². The van der Waals surface area contributed by atoms with Crippen molar-refractivity contribution in [1.29, 1.82) is 0 Å². The van der Waals surface area contributed by atoms with Gasteiger partial charge in [-0.3, -0.25) is 4.79 Å². The van der Waals surface area contributed by atoms with Crippen molar-refractivity contribution in [3.8, 4) is 0 Å². The molecule has 9 heavy (non-hydrogen) atoms. The number of aliphatic hydroxyl groups excluding tert-OH is 1. The van der Waals surface area contributed by atoms with E-state index >= 15 is 0 Å². The number of hydrogen-bond acceptors (Lipinski definition) is 4. The van der Waals surface area contributed by atoms with E-state index in [9.17, 15) is 4.79 Å². The predicted octanol–water partition coefficient (Wildman–Crippen LogP) is -1.38. The molecule has 0 saturated carbocycles. The average molecular weight is 131 g/mol. The molecular formula is C5H9NO3. The van der Waals surface area contributed by atoms with Crippen molar-refractivity contribution in [2.45, 2.75) is 18.6 Å². The Morgan fingerprint density at radius 3 is 2.78 bits per heavy atom. The van der Waals surface area contributed by atoms with Crippen molar-refractivity contribution in [3.05, 3.63) is 0 Å². The fraction of sp³-hybridized carbons (Fsp3) is 0.800. The molecule has 0 aromatic carbocycles. The molecule has 4 heteroatoms. The Kier molecular flexibility index (Phi) is 1.68. The Hall–Kier alpha value is -0.610. The first-order chi connectivity index (χ1) is 4.24. The van der Waals surface area contributed by atoms with Crippen LogP contribution in [0, 0.1) is 0 Å². The highest BCUT2D eigenvalue weighted by Crippen LogP contribution is 2.11. The van der Waals surface area contributed by atoms with Crippen LogP contribution in [0.2, 0.25) is 0 Å². The summed E-state index contributed by atoms with van der Waals surface area (Å²) in [6.45, 7) is -0.126. The van der Waals surface area contributed by atoms with E-state index in [2.05, 4.69) is 4.74 Å². The zero-order chi connectivity index (χ0) is 6.85. The van der Waals surface area contributed by atoms with Crippen LogP contribution in [0.3, 0.4) is 0 Å². The highest BCUT2D eigenvalue weighted by molar-refractivity contribution is 5.77. The van der Waals surface area contributed by atoms with Gasteiger partial charge in [0.25, 0.3) is 0 Å². The highest BCUT2D eigenvalue weighted by Gasteiger charge is 2.30. The summed E-state index contributed by atoms with van der Waals surface area (Å²) in [5.41, 5.74) is 5.26. The van der Waals surface area contributed by atoms with Gasteiger partial charge in [-0.2, -0.15) is 0 Å². The Balaban J connectivity index is 2.44. The first-order valence-electron chi connectivity index (χ1n) is 2.81. The minimum atomic E-state index is -0.526. The third-order valence-corrected chi connectivity index (χ3v) is 1.31. The lowest BCUT2D eigenvalue weighted by molar-refractivity contribution is -0.143. The monoisotopic (exact) mass is 131 g/mol. The van der Waals surface area contributed by atoms with Crippen molar-refractivity contribution in [2.75, 3.05) is 6.61 Å². The molecule has 0 bridgehead atoms. The standard InChI is InChI=1S/C5H9NO3/c6-4-1-3(2-7)9-5(4)8/h3-4,7H,1-2,6H2. The maximum absolute atomic E-state index is 10.5. The van der Waals surface area contributed by atoms with Crippen LogP contribution in [-0.4, -0.2) is 29.8 Å². The van der Waals surface area contributed by atoms with Gasteiger partial charge in [0.2, 0.25) is 0 Å². The van der Waals surface area contributed by atoms with Gasteiger partial charge >= 0.3 is 5.97 Å². The summed E-state index contributed by atoms with van der Waals surface area (Å²) in [6, 6.07) is -0.526. The summed E-state index contributed by atoms with van der Waals surface area (Å²) < 4.78 is 4.61. The van der Waals surface area contributed by atoms with E-state index in [0.29, 0.717) is 6.42 Å². The minimum absolute atomic E-state index is 0.126. The Morgan fingerprint density at radius 2 is 2.56 bits per heavy atom. The summed E-state index contributed by atoms with van der Waals surface area (Å²) in [5.74, 6) is -0.408. The third kappa shape index (κ3) is 1.20. The second kappa shape index (κ2) is 2.33. The molecule has 1 aliphatic heterocycles. The summed E-state index contributed by atoms with van der Waals surface area (Å²) >= 11 is 0. The maximum Gasteiger partial charge on any atom is 0.323 e. The number of rotatable bonds is 1. The predicted molar refractivity (Wildman–Crippen MR) is 29.6 cm³/mol. The van der Waals surface area contributed by atoms with Gasteiger partial charge in [-0.25, -0.2) is 0 Å². The van der Waals surface area contributed by atoms with E-state index in [-0.39, 0.29) is 12.7 Å². The molecule has 0 amide bonds. The Morgan fingerprint density at radius 1 is 1.89 bits per heavy atom. The number of carbonyl (C=O) groups excluding carboxylic acids is 1.